The second-order valence-corrected chi connectivity index (χ2v) is 8.46. The number of amides is 1. The highest BCUT2D eigenvalue weighted by Crippen LogP contribution is 2.43. The zero-order chi connectivity index (χ0) is 28.5. The standard InChI is InChI=1S/C28H31FN2O8/c1-5-39-28(35)20-15-31-27(34)24(25(20)33)19(17-12-21(36-2)26(38-4)22(13-17)37-3)14-23(32)30-11-10-16-6-8-18(29)9-7-16/h6-9,12-13,15,19H,5,10-11,14H2,1-4H3,(H,30,32)(H2,31,33,34)/t19-/m1/s1. The largest absolute Gasteiger partial charge is 0.506 e. The summed E-state index contributed by atoms with van der Waals surface area (Å²) >= 11 is 0. The quantitative estimate of drug-likeness (QED) is 0.297. The van der Waals surface area contributed by atoms with Crippen molar-refractivity contribution in [3.8, 4) is 23.0 Å². The van der Waals surface area contributed by atoms with E-state index in [-0.39, 0.29) is 48.0 Å². The second kappa shape index (κ2) is 13.3. The first-order valence-electron chi connectivity index (χ1n) is 12.2. The molecule has 39 heavy (non-hydrogen) atoms. The van der Waals surface area contributed by atoms with Crippen molar-refractivity contribution in [1.82, 2.24) is 10.3 Å². The normalized spacial score (nSPS) is 11.4. The van der Waals surface area contributed by atoms with Crippen molar-refractivity contribution in [2.75, 3.05) is 34.5 Å². The lowest BCUT2D eigenvalue weighted by Gasteiger charge is -2.22. The summed E-state index contributed by atoms with van der Waals surface area (Å²) < 4.78 is 34.4. The molecule has 1 amide bonds. The van der Waals surface area contributed by atoms with E-state index >= 15 is 0 Å². The average Bonchev–Trinajstić information content (AvgIpc) is 2.92. The molecule has 0 saturated heterocycles. The molecule has 0 aliphatic carbocycles. The minimum absolute atomic E-state index is 0.0551. The first-order valence-corrected chi connectivity index (χ1v) is 12.2. The maximum absolute atomic E-state index is 13.2. The van der Waals surface area contributed by atoms with Gasteiger partial charge in [0.1, 0.15) is 17.1 Å². The molecule has 0 aliphatic heterocycles. The highest BCUT2D eigenvalue weighted by molar-refractivity contribution is 5.92. The molecular weight excluding hydrogens is 511 g/mol. The van der Waals surface area contributed by atoms with Crippen LogP contribution < -0.4 is 25.1 Å². The van der Waals surface area contributed by atoms with Gasteiger partial charge in [-0.25, -0.2) is 9.18 Å². The van der Waals surface area contributed by atoms with E-state index in [4.69, 9.17) is 18.9 Å². The molecule has 0 radical (unpaired) electrons. The van der Waals surface area contributed by atoms with Crippen LogP contribution in [0, 0.1) is 5.82 Å². The number of pyridine rings is 1. The Hall–Kier alpha value is -4.54. The number of benzene rings is 2. The molecule has 1 atom stereocenters. The number of aromatic hydroxyl groups is 1. The number of aromatic nitrogens is 1. The fourth-order valence-electron chi connectivity index (χ4n) is 4.17. The smallest absolute Gasteiger partial charge is 0.343 e. The summed E-state index contributed by atoms with van der Waals surface area (Å²) in [5.41, 5.74) is 0.0663. The first kappa shape index (κ1) is 29.0. The van der Waals surface area contributed by atoms with E-state index in [0.29, 0.717) is 17.7 Å². The van der Waals surface area contributed by atoms with Crippen molar-refractivity contribution in [1.29, 1.82) is 0 Å². The van der Waals surface area contributed by atoms with E-state index in [0.717, 1.165) is 11.8 Å². The van der Waals surface area contributed by atoms with E-state index in [1.165, 1.54) is 33.5 Å². The number of carbonyl (C=O) groups is 2. The Bertz CT molecular complexity index is 1350. The number of carbonyl (C=O) groups excluding carboxylic acids is 2. The summed E-state index contributed by atoms with van der Waals surface area (Å²) in [7, 11) is 4.28. The molecule has 10 nitrogen and oxygen atoms in total. The lowest BCUT2D eigenvalue weighted by Crippen LogP contribution is -2.29. The van der Waals surface area contributed by atoms with Crippen LogP contribution in [0.2, 0.25) is 0 Å². The average molecular weight is 543 g/mol. The van der Waals surface area contributed by atoms with E-state index in [9.17, 15) is 23.9 Å². The van der Waals surface area contributed by atoms with Gasteiger partial charge in [-0.1, -0.05) is 12.1 Å². The topological polar surface area (TPSA) is 136 Å². The molecule has 0 fully saturated rings. The molecule has 0 bridgehead atoms. The minimum Gasteiger partial charge on any atom is -0.506 e. The van der Waals surface area contributed by atoms with Gasteiger partial charge in [0.05, 0.1) is 33.5 Å². The monoisotopic (exact) mass is 542 g/mol. The van der Waals surface area contributed by atoms with Gasteiger partial charge in [0, 0.05) is 25.1 Å². The minimum atomic E-state index is -1.03. The van der Waals surface area contributed by atoms with E-state index in [1.807, 2.05) is 0 Å². The fourth-order valence-corrected chi connectivity index (χ4v) is 4.17. The number of hydrogen-bond acceptors (Lipinski definition) is 8. The third kappa shape index (κ3) is 6.86. The van der Waals surface area contributed by atoms with Crippen LogP contribution in [-0.4, -0.2) is 56.4 Å². The van der Waals surface area contributed by atoms with Gasteiger partial charge in [0.25, 0.3) is 5.56 Å². The number of nitrogens with one attached hydrogen (secondary N) is 2. The Kier molecular flexibility index (Phi) is 9.91. The third-order valence-electron chi connectivity index (χ3n) is 6.07. The van der Waals surface area contributed by atoms with Crippen LogP contribution in [0.1, 0.15) is 46.3 Å². The molecule has 2 aromatic carbocycles. The van der Waals surface area contributed by atoms with E-state index in [1.54, 1.807) is 31.2 Å². The highest BCUT2D eigenvalue weighted by atomic mass is 19.1. The first-order chi connectivity index (χ1) is 18.7. The van der Waals surface area contributed by atoms with Gasteiger partial charge in [-0.05, 0) is 48.7 Å². The maximum Gasteiger partial charge on any atom is 0.343 e. The Balaban J connectivity index is 2.02. The number of H-pyrrole nitrogens is 1. The zero-order valence-electron chi connectivity index (χ0n) is 22.1. The Morgan fingerprint density at radius 3 is 2.26 bits per heavy atom. The van der Waals surface area contributed by atoms with Crippen molar-refractivity contribution in [3.05, 3.63) is 81.0 Å². The van der Waals surface area contributed by atoms with Gasteiger partial charge in [0.2, 0.25) is 11.7 Å². The predicted octanol–water partition coefficient (Wildman–Crippen LogP) is 3.30. The summed E-state index contributed by atoms with van der Waals surface area (Å²) in [6, 6.07) is 9.05. The van der Waals surface area contributed by atoms with Crippen LogP contribution in [0.4, 0.5) is 4.39 Å². The van der Waals surface area contributed by atoms with Gasteiger partial charge in [0.15, 0.2) is 11.5 Å². The molecule has 1 heterocycles. The summed E-state index contributed by atoms with van der Waals surface area (Å²) in [6.45, 7) is 1.91. The summed E-state index contributed by atoms with van der Waals surface area (Å²) in [5.74, 6) is -2.42. The fraction of sp³-hybridized carbons (Fsp3) is 0.321. The van der Waals surface area contributed by atoms with Gasteiger partial charge >= 0.3 is 5.97 Å². The molecule has 3 rings (SSSR count). The number of aromatic amines is 1. The van der Waals surface area contributed by atoms with Gasteiger partial charge in [-0.2, -0.15) is 0 Å². The van der Waals surface area contributed by atoms with Gasteiger partial charge in [-0.15, -0.1) is 0 Å². The molecular formula is C28H31FN2O8. The van der Waals surface area contributed by atoms with Crippen LogP contribution >= 0.6 is 0 Å². The molecule has 0 spiro atoms. The van der Waals surface area contributed by atoms with Crippen molar-refractivity contribution in [3.63, 3.8) is 0 Å². The second-order valence-electron chi connectivity index (χ2n) is 8.46. The number of ether oxygens (including phenoxy) is 4. The number of halogens is 1. The SMILES string of the molecule is CCOC(=O)c1c[nH]c(=O)c([C@H](CC(=O)NCCc2ccc(F)cc2)c2cc(OC)c(OC)c(OC)c2)c1O. The van der Waals surface area contributed by atoms with E-state index < -0.39 is 29.1 Å². The lowest BCUT2D eigenvalue weighted by atomic mass is 9.87. The van der Waals surface area contributed by atoms with Crippen molar-refractivity contribution < 1.29 is 38.0 Å². The molecule has 3 N–H and O–H groups in total. The van der Waals surface area contributed by atoms with Crippen LogP contribution in [0.15, 0.2) is 47.4 Å². The summed E-state index contributed by atoms with van der Waals surface area (Å²) in [5, 5.41) is 13.8. The Morgan fingerprint density at radius 2 is 1.69 bits per heavy atom. The predicted molar refractivity (Wildman–Crippen MR) is 140 cm³/mol. The van der Waals surface area contributed by atoms with E-state index in [2.05, 4.69) is 10.3 Å². The number of rotatable bonds is 12. The van der Waals surface area contributed by atoms with Crippen molar-refractivity contribution in [2.45, 2.75) is 25.7 Å². The molecule has 0 saturated carbocycles. The van der Waals surface area contributed by atoms with Crippen LogP contribution in [0.5, 0.6) is 23.0 Å². The lowest BCUT2D eigenvalue weighted by molar-refractivity contribution is -0.121. The van der Waals surface area contributed by atoms with Crippen molar-refractivity contribution >= 4 is 11.9 Å². The highest BCUT2D eigenvalue weighted by Gasteiger charge is 2.30. The van der Waals surface area contributed by atoms with Gasteiger partial charge in [-0.3, -0.25) is 9.59 Å². The number of hydrogen-bond donors (Lipinski definition) is 3. The number of methoxy groups -OCH3 is 3. The summed E-state index contributed by atoms with van der Waals surface area (Å²) in [4.78, 5) is 41.0. The molecule has 0 aliphatic rings. The van der Waals surface area contributed by atoms with Crippen molar-refractivity contribution in [2.24, 2.45) is 0 Å². The van der Waals surface area contributed by atoms with Crippen LogP contribution in [-0.2, 0) is 16.0 Å². The van der Waals surface area contributed by atoms with Crippen LogP contribution in [0.3, 0.4) is 0 Å². The molecule has 1 aromatic heterocycles. The van der Waals surface area contributed by atoms with Crippen LogP contribution in [0.25, 0.3) is 0 Å². The summed E-state index contributed by atoms with van der Waals surface area (Å²) in [6.07, 6.45) is 1.24. The zero-order valence-corrected chi connectivity index (χ0v) is 22.1. The molecule has 0 unspecified atom stereocenters. The number of esters is 1. The molecule has 3 aromatic rings. The van der Waals surface area contributed by atoms with Gasteiger partial charge < -0.3 is 34.4 Å². The Morgan fingerprint density at radius 1 is 1.05 bits per heavy atom. The Labute approximate surface area is 224 Å². The molecule has 208 valence electrons. The molecule has 11 heteroatoms. The third-order valence-corrected chi connectivity index (χ3v) is 6.07. The maximum atomic E-state index is 13.2.